The predicted molar refractivity (Wildman–Crippen MR) is 87.3 cm³/mol. The summed E-state index contributed by atoms with van der Waals surface area (Å²) in [5.74, 6) is 1.20. The lowest BCUT2D eigenvalue weighted by molar-refractivity contribution is -0.127. The Labute approximate surface area is 139 Å². The van der Waals surface area contributed by atoms with Gasteiger partial charge in [0.1, 0.15) is 12.7 Å². The second-order valence-corrected chi connectivity index (χ2v) is 6.59. The number of carbonyl (C=O) groups excluding carboxylic acids is 2. The predicted octanol–water partition coefficient (Wildman–Crippen LogP) is 1.37. The van der Waals surface area contributed by atoms with Gasteiger partial charge in [0, 0.05) is 11.6 Å². The van der Waals surface area contributed by atoms with E-state index in [4.69, 9.17) is 0 Å². The van der Waals surface area contributed by atoms with Gasteiger partial charge in [0.2, 0.25) is 11.8 Å². The number of amides is 2. The van der Waals surface area contributed by atoms with Crippen molar-refractivity contribution in [3.63, 3.8) is 0 Å². The largest absolute Gasteiger partial charge is 0.347 e. The van der Waals surface area contributed by atoms with Crippen molar-refractivity contribution in [3.05, 3.63) is 36.9 Å². The molecule has 2 aromatic rings. The van der Waals surface area contributed by atoms with Crippen LogP contribution in [0.1, 0.15) is 19.3 Å². The number of hydrogen-bond donors (Lipinski definition) is 2. The number of benzene rings is 1. The first-order chi connectivity index (χ1) is 11.7. The summed E-state index contributed by atoms with van der Waals surface area (Å²) >= 11 is 0. The van der Waals surface area contributed by atoms with Crippen molar-refractivity contribution < 1.29 is 9.59 Å². The lowest BCUT2D eigenvalue weighted by Crippen LogP contribution is -2.37. The topological polar surface area (TPSA) is 88.9 Å². The Morgan fingerprint density at radius 3 is 2.58 bits per heavy atom. The number of hydrogen-bond acceptors (Lipinski definition) is 4. The van der Waals surface area contributed by atoms with Crippen LogP contribution in [0, 0.1) is 17.8 Å². The minimum absolute atomic E-state index is 0.0115. The number of anilines is 1. The van der Waals surface area contributed by atoms with Gasteiger partial charge >= 0.3 is 0 Å². The van der Waals surface area contributed by atoms with Gasteiger partial charge in [0.05, 0.1) is 12.2 Å². The van der Waals surface area contributed by atoms with Crippen LogP contribution in [0.4, 0.5) is 5.69 Å². The lowest BCUT2D eigenvalue weighted by Gasteiger charge is -2.23. The Hall–Kier alpha value is -2.70. The van der Waals surface area contributed by atoms with E-state index >= 15 is 0 Å². The molecule has 1 aromatic carbocycles. The molecule has 3 aliphatic rings. The van der Waals surface area contributed by atoms with Crippen LogP contribution >= 0.6 is 0 Å². The summed E-state index contributed by atoms with van der Waals surface area (Å²) < 4.78 is 1.64. The molecule has 3 fully saturated rings. The molecule has 3 aliphatic carbocycles. The Bertz CT molecular complexity index is 735. The summed E-state index contributed by atoms with van der Waals surface area (Å²) in [5, 5.41) is 9.59. The molecule has 0 aliphatic heterocycles. The van der Waals surface area contributed by atoms with Crippen molar-refractivity contribution in [2.45, 2.75) is 19.3 Å². The van der Waals surface area contributed by atoms with Crippen molar-refractivity contribution in [1.82, 2.24) is 20.1 Å². The first kappa shape index (κ1) is 14.9. The van der Waals surface area contributed by atoms with E-state index in [1.54, 1.807) is 23.1 Å². The number of aromatic nitrogens is 3. The van der Waals surface area contributed by atoms with Gasteiger partial charge in [-0.1, -0.05) is 0 Å². The van der Waals surface area contributed by atoms with Crippen LogP contribution in [0.25, 0.3) is 5.69 Å². The van der Waals surface area contributed by atoms with Crippen molar-refractivity contribution in [3.8, 4) is 5.69 Å². The number of rotatable bonds is 5. The Morgan fingerprint density at radius 1 is 1.17 bits per heavy atom. The monoisotopic (exact) mass is 325 g/mol. The molecule has 124 valence electrons. The van der Waals surface area contributed by atoms with Gasteiger partial charge in [-0.15, -0.1) is 0 Å². The van der Waals surface area contributed by atoms with Gasteiger partial charge in [-0.3, -0.25) is 9.59 Å². The molecule has 2 bridgehead atoms. The highest BCUT2D eigenvalue weighted by molar-refractivity contribution is 5.95. The lowest BCUT2D eigenvalue weighted by atomic mass is 9.82. The van der Waals surface area contributed by atoms with E-state index in [2.05, 4.69) is 20.7 Å². The fourth-order valence-corrected chi connectivity index (χ4v) is 3.72. The van der Waals surface area contributed by atoms with Gasteiger partial charge in [-0.05, 0) is 55.4 Å². The van der Waals surface area contributed by atoms with E-state index in [9.17, 15) is 9.59 Å². The Morgan fingerprint density at radius 2 is 1.96 bits per heavy atom. The molecule has 5 rings (SSSR count). The smallest absolute Gasteiger partial charge is 0.243 e. The SMILES string of the molecule is O=C(CNC(=O)C1CC2CC1C2)Nc1ccc(-n2cncn2)cc1. The highest BCUT2D eigenvalue weighted by atomic mass is 16.2. The maximum absolute atomic E-state index is 12.1. The average molecular weight is 325 g/mol. The first-order valence-electron chi connectivity index (χ1n) is 8.21. The van der Waals surface area contributed by atoms with E-state index in [1.165, 1.54) is 19.2 Å². The fourth-order valence-electron chi connectivity index (χ4n) is 3.72. The van der Waals surface area contributed by atoms with E-state index in [-0.39, 0.29) is 24.3 Å². The minimum atomic E-state index is -0.220. The van der Waals surface area contributed by atoms with E-state index < -0.39 is 0 Å². The molecule has 0 radical (unpaired) electrons. The molecule has 2 N–H and O–H groups in total. The van der Waals surface area contributed by atoms with E-state index in [0.717, 1.165) is 18.0 Å². The van der Waals surface area contributed by atoms with Gasteiger partial charge in [0.25, 0.3) is 0 Å². The van der Waals surface area contributed by atoms with Crippen LogP contribution in [0.5, 0.6) is 0 Å². The minimum Gasteiger partial charge on any atom is -0.347 e. The Balaban J connectivity index is 1.27. The van der Waals surface area contributed by atoms with Gasteiger partial charge in [-0.25, -0.2) is 9.67 Å². The molecule has 0 saturated heterocycles. The maximum atomic E-state index is 12.1. The van der Waals surface area contributed by atoms with E-state index in [1.807, 2.05) is 12.1 Å². The molecule has 7 heteroatoms. The zero-order valence-corrected chi connectivity index (χ0v) is 13.2. The second-order valence-electron chi connectivity index (χ2n) is 6.59. The summed E-state index contributed by atoms with van der Waals surface area (Å²) in [6.07, 6.45) is 6.43. The normalized spacial score (nSPS) is 24.2. The number of carbonyl (C=O) groups is 2. The van der Waals surface area contributed by atoms with Gasteiger partial charge in [-0.2, -0.15) is 5.10 Å². The van der Waals surface area contributed by atoms with Crippen LogP contribution in [0.3, 0.4) is 0 Å². The van der Waals surface area contributed by atoms with Crippen LogP contribution < -0.4 is 10.6 Å². The molecule has 0 spiro atoms. The fraction of sp³-hybridized carbons (Fsp3) is 0.412. The number of nitrogens with zero attached hydrogens (tertiary/aromatic N) is 3. The molecule has 1 heterocycles. The zero-order chi connectivity index (χ0) is 16.5. The maximum Gasteiger partial charge on any atom is 0.243 e. The number of nitrogens with one attached hydrogen (secondary N) is 2. The zero-order valence-electron chi connectivity index (χ0n) is 13.2. The molecule has 1 unspecified atom stereocenters. The molecular weight excluding hydrogens is 306 g/mol. The van der Waals surface area contributed by atoms with Crippen LogP contribution in [-0.4, -0.2) is 33.1 Å². The van der Waals surface area contributed by atoms with Crippen molar-refractivity contribution in [2.24, 2.45) is 17.8 Å². The third-order valence-corrected chi connectivity index (χ3v) is 5.02. The highest BCUT2D eigenvalue weighted by Gasteiger charge is 2.47. The molecule has 3 saturated carbocycles. The molecule has 24 heavy (non-hydrogen) atoms. The highest BCUT2D eigenvalue weighted by Crippen LogP contribution is 2.52. The van der Waals surface area contributed by atoms with Gasteiger partial charge < -0.3 is 10.6 Å². The number of fused-ring (bicyclic) bond motifs is 1. The van der Waals surface area contributed by atoms with Crippen molar-refractivity contribution in [2.75, 3.05) is 11.9 Å². The molecule has 1 aromatic heterocycles. The summed E-state index contributed by atoms with van der Waals surface area (Å²) in [6, 6.07) is 7.27. The Kier molecular flexibility index (Phi) is 3.76. The van der Waals surface area contributed by atoms with E-state index in [0.29, 0.717) is 11.6 Å². The van der Waals surface area contributed by atoms with Crippen LogP contribution in [-0.2, 0) is 9.59 Å². The second kappa shape index (κ2) is 6.07. The van der Waals surface area contributed by atoms with Gasteiger partial charge in [0.15, 0.2) is 0 Å². The van der Waals surface area contributed by atoms with Crippen molar-refractivity contribution in [1.29, 1.82) is 0 Å². The first-order valence-corrected chi connectivity index (χ1v) is 8.21. The summed E-state index contributed by atoms with van der Waals surface area (Å²) in [5.41, 5.74) is 1.54. The third-order valence-electron chi connectivity index (χ3n) is 5.02. The molecule has 2 amide bonds. The quantitative estimate of drug-likeness (QED) is 0.869. The van der Waals surface area contributed by atoms with Crippen LogP contribution in [0.15, 0.2) is 36.9 Å². The van der Waals surface area contributed by atoms with Crippen LogP contribution in [0.2, 0.25) is 0 Å². The standard InChI is InChI=1S/C17H19N5O2/c23-16(8-19-17(24)15-7-11-5-12(15)6-11)21-13-1-3-14(4-2-13)22-10-18-9-20-22/h1-4,9-12,15H,5-8H2,(H,19,24)(H,21,23). The average Bonchev–Trinajstić information content (AvgIpc) is 3.28. The summed E-state index contributed by atoms with van der Waals surface area (Å²) in [7, 11) is 0. The molecular formula is C17H19N5O2. The third kappa shape index (κ3) is 2.89. The summed E-state index contributed by atoms with van der Waals surface area (Å²) in [4.78, 5) is 28.0. The summed E-state index contributed by atoms with van der Waals surface area (Å²) in [6.45, 7) is 0.0115. The molecule has 7 nitrogen and oxygen atoms in total. The molecule has 1 atom stereocenters. The van der Waals surface area contributed by atoms with Crippen molar-refractivity contribution >= 4 is 17.5 Å².